The number of ether oxygens (including phenoxy) is 2. The highest BCUT2D eigenvalue weighted by Crippen LogP contribution is 2.36. The van der Waals surface area contributed by atoms with E-state index in [0.29, 0.717) is 40.9 Å². The molecule has 0 unspecified atom stereocenters. The van der Waals surface area contributed by atoms with Crippen molar-refractivity contribution >= 4 is 22.6 Å². The fraction of sp³-hybridized carbons (Fsp3) is 0.211. The van der Waals surface area contributed by atoms with Gasteiger partial charge in [0.25, 0.3) is 0 Å². The van der Waals surface area contributed by atoms with Gasteiger partial charge in [-0.05, 0) is 44.2 Å². The van der Waals surface area contributed by atoms with Crippen molar-refractivity contribution in [2.45, 2.75) is 13.8 Å². The third-order valence-corrected chi connectivity index (χ3v) is 3.87. The summed E-state index contributed by atoms with van der Waals surface area (Å²) in [6, 6.07) is 9.72. The van der Waals surface area contributed by atoms with Gasteiger partial charge in [-0.3, -0.25) is 4.79 Å². The number of rotatable bonds is 5. The van der Waals surface area contributed by atoms with Crippen molar-refractivity contribution in [3.63, 3.8) is 0 Å². The molecule has 0 spiro atoms. The first-order chi connectivity index (χ1) is 12.0. The van der Waals surface area contributed by atoms with Crippen molar-refractivity contribution in [3.8, 4) is 28.6 Å². The maximum absolute atomic E-state index is 12.4. The molecule has 1 N–H and O–H groups in total. The Bertz CT molecular complexity index is 977. The van der Waals surface area contributed by atoms with Crippen LogP contribution >= 0.6 is 11.6 Å². The topological polar surface area (TPSA) is 68.9 Å². The van der Waals surface area contributed by atoms with Gasteiger partial charge in [-0.2, -0.15) is 0 Å². The monoisotopic (exact) mass is 360 g/mol. The number of benzene rings is 2. The van der Waals surface area contributed by atoms with E-state index in [1.165, 1.54) is 6.07 Å². The lowest BCUT2D eigenvalue weighted by Crippen LogP contribution is -2.03. The zero-order valence-corrected chi connectivity index (χ0v) is 14.6. The fourth-order valence-electron chi connectivity index (χ4n) is 2.55. The van der Waals surface area contributed by atoms with Gasteiger partial charge in [-0.15, -0.1) is 0 Å². The van der Waals surface area contributed by atoms with E-state index < -0.39 is 11.2 Å². The Morgan fingerprint density at radius 3 is 2.48 bits per heavy atom. The first kappa shape index (κ1) is 17.2. The summed E-state index contributed by atoms with van der Waals surface area (Å²) in [4.78, 5) is 12.4. The average molecular weight is 361 g/mol. The Morgan fingerprint density at radius 2 is 1.76 bits per heavy atom. The van der Waals surface area contributed by atoms with E-state index in [-0.39, 0.29) is 11.1 Å². The number of halogens is 1. The van der Waals surface area contributed by atoms with Crippen LogP contribution in [0.15, 0.2) is 45.6 Å². The van der Waals surface area contributed by atoms with Gasteiger partial charge < -0.3 is 19.0 Å². The Morgan fingerprint density at radius 1 is 1.04 bits per heavy atom. The first-order valence-corrected chi connectivity index (χ1v) is 8.28. The lowest BCUT2D eigenvalue weighted by atomic mass is 10.1. The van der Waals surface area contributed by atoms with Crippen LogP contribution in [0, 0.1) is 0 Å². The van der Waals surface area contributed by atoms with E-state index in [4.69, 9.17) is 25.5 Å². The highest BCUT2D eigenvalue weighted by molar-refractivity contribution is 6.31. The average Bonchev–Trinajstić information content (AvgIpc) is 2.60. The highest BCUT2D eigenvalue weighted by Gasteiger charge is 2.17. The van der Waals surface area contributed by atoms with Crippen LogP contribution in [-0.2, 0) is 0 Å². The van der Waals surface area contributed by atoms with Crippen LogP contribution < -0.4 is 14.9 Å². The normalized spacial score (nSPS) is 10.8. The second kappa shape index (κ2) is 7.07. The SMILES string of the molecule is CCOc1ccc(-c2oc3cc(Cl)ccc3c(=O)c2O)cc1OCC. The van der Waals surface area contributed by atoms with E-state index >= 15 is 0 Å². The first-order valence-electron chi connectivity index (χ1n) is 7.90. The summed E-state index contributed by atoms with van der Waals surface area (Å²) in [5.74, 6) is 0.694. The van der Waals surface area contributed by atoms with Crippen molar-refractivity contribution in [1.82, 2.24) is 0 Å². The summed E-state index contributed by atoms with van der Waals surface area (Å²) in [6.07, 6.45) is 0. The zero-order chi connectivity index (χ0) is 18.0. The van der Waals surface area contributed by atoms with Gasteiger partial charge in [0.1, 0.15) is 5.58 Å². The van der Waals surface area contributed by atoms with E-state index in [0.717, 1.165) is 0 Å². The summed E-state index contributed by atoms with van der Waals surface area (Å²) in [5, 5.41) is 11.0. The predicted octanol–water partition coefficient (Wildman–Crippen LogP) is 4.62. The van der Waals surface area contributed by atoms with Gasteiger partial charge in [0.05, 0.1) is 18.6 Å². The van der Waals surface area contributed by atoms with Gasteiger partial charge in [-0.1, -0.05) is 11.6 Å². The molecule has 0 fully saturated rings. The van der Waals surface area contributed by atoms with Crippen molar-refractivity contribution in [3.05, 3.63) is 51.6 Å². The summed E-state index contributed by atoms with van der Waals surface area (Å²) in [5.41, 5.74) is 0.292. The largest absolute Gasteiger partial charge is 0.502 e. The molecule has 0 saturated carbocycles. The third-order valence-electron chi connectivity index (χ3n) is 3.64. The van der Waals surface area contributed by atoms with Crippen LogP contribution in [-0.4, -0.2) is 18.3 Å². The Balaban J connectivity index is 2.20. The lowest BCUT2D eigenvalue weighted by Gasteiger charge is -2.13. The fourth-order valence-corrected chi connectivity index (χ4v) is 2.71. The van der Waals surface area contributed by atoms with Crippen LogP contribution in [0.2, 0.25) is 5.02 Å². The smallest absolute Gasteiger partial charge is 0.235 e. The third kappa shape index (κ3) is 3.28. The molecule has 3 rings (SSSR count). The minimum absolute atomic E-state index is 0.0590. The zero-order valence-electron chi connectivity index (χ0n) is 13.8. The van der Waals surface area contributed by atoms with E-state index in [1.807, 2.05) is 13.8 Å². The molecule has 0 bridgehead atoms. The number of hydrogen-bond donors (Lipinski definition) is 1. The van der Waals surface area contributed by atoms with Gasteiger partial charge in [-0.25, -0.2) is 0 Å². The molecule has 0 aliphatic heterocycles. The van der Waals surface area contributed by atoms with Crippen LogP contribution in [0.25, 0.3) is 22.3 Å². The quantitative estimate of drug-likeness (QED) is 0.719. The molecule has 0 aliphatic rings. The molecule has 2 aromatic carbocycles. The van der Waals surface area contributed by atoms with Crippen molar-refractivity contribution in [1.29, 1.82) is 0 Å². The van der Waals surface area contributed by atoms with E-state index in [1.54, 1.807) is 30.3 Å². The Kier molecular flexibility index (Phi) is 4.86. The van der Waals surface area contributed by atoms with Crippen LogP contribution in [0.4, 0.5) is 0 Å². The van der Waals surface area contributed by atoms with Crippen LogP contribution in [0.3, 0.4) is 0 Å². The molecule has 1 aromatic heterocycles. The summed E-state index contributed by atoms with van der Waals surface area (Å²) < 4.78 is 16.8. The molecule has 0 radical (unpaired) electrons. The van der Waals surface area contributed by atoms with Crippen molar-refractivity contribution < 1.29 is 19.0 Å². The molecule has 0 aliphatic carbocycles. The minimum Gasteiger partial charge on any atom is -0.502 e. The minimum atomic E-state index is -0.514. The molecule has 0 atom stereocenters. The van der Waals surface area contributed by atoms with E-state index in [9.17, 15) is 9.90 Å². The number of hydrogen-bond acceptors (Lipinski definition) is 5. The Labute approximate surface area is 149 Å². The van der Waals surface area contributed by atoms with Crippen molar-refractivity contribution in [2.75, 3.05) is 13.2 Å². The van der Waals surface area contributed by atoms with Gasteiger partial charge in [0.15, 0.2) is 17.3 Å². The standard InChI is InChI=1S/C19H17ClO5/c1-3-23-14-8-5-11(9-16(14)24-4-2)19-18(22)17(21)13-7-6-12(20)10-15(13)25-19/h5-10,22H,3-4H2,1-2H3. The molecule has 3 aromatic rings. The molecule has 25 heavy (non-hydrogen) atoms. The lowest BCUT2D eigenvalue weighted by molar-refractivity contribution is 0.288. The molecular weight excluding hydrogens is 344 g/mol. The Hall–Kier alpha value is -2.66. The van der Waals surface area contributed by atoms with Crippen molar-refractivity contribution in [2.24, 2.45) is 0 Å². The molecule has 130 valence electrons. The predicted molar refractivity (Wildman–Crippen MR) is 96.9 cm³/mol. The summed E-state index contributed by atoms with van der Waals surface area (Å²) in [7, 11) is 0. The maximum Gasteiger partial charge on any atom is 0.235 e. The summed E-state index contributed by atoms with van der Waals surface area (Å²) >= 11 is 5.97. The van der Waals surface area contributed by atoms with Gasteiger partial charge in [0.2, 0.25) is 11.2 Å². The molecule has 0 amide bonds. The van der Waals surface area contributed by atoms with Gasteiger partial charge >= 0.3 is 0 Å². The number of aromatic hydroxyl groups is 1. The van der Waals surface area contributed by atoms with Crippen LogP contribution in [0.1, 0.15) is 13.8 Å². The summed E-state index contributed by atoms with van der Waals surface area (Å²) in [6.45, 7) is 4.68. The second-order valence-electron chi connectivity index (χ2n) is 5.28. The highest BCUT2D eigenvalue weighted by atomic mass is 35.5. The molecule has 5 nitrogen and oxygen atoms in total. The maximum atomic E-state index is 12.4. The molecular formula is C19H17ClO5. The number of fused-ring (bicyclic) bond motifs is 1. The van der Waals surface area contributed by atoms with Gasteiger partial charge in [0, 0.05) is 16.7 Å². The second-order valence-corrected chi connectivity index (χ2v) is 5.71. The van der Waals surface area contributed by atoms with E-state index in [2.05, 4.69) is 0 Å². The molecule has 6 heteroatoms. The molecule has 0 saturated heterocycles. The molecule has 1 heterocycles. The van der Waals surface area contributed by atoms with Crippen LogP contribution in [0.5, 0.6) is 17.2 Å².